The van der Waals surface area contributed by atoms with E-state index in [1.54, 1.807) is 0 Å². The molecule has 1 aromatic carbocycles. The number of rotatable bonds is 5. The van der Waals surface area contributed by atoms with Gasteiger partial charge in [-0.2, -0.15) is 0 Å². The van der Waals surface area contributed by atoms with E-state index in [9.17, 15) is 13.2 Å². The maximum absolute atomic E-state index is 12.9. The summed E-state index contributed by atoms with van der Waals surface area (Å²) < 4.78 is 27.4. The number of carbonyl (C=O) groups excluding carboxylic acids is 1. The molecule has 3 heterocycles. The van der Waals surface area contributed by atoms with Crippen LogP contribution >= 0.6 is 0 Å². The van der Waals surface area contributed by atoms with Crippen LogP contribution in [0, 0.1) is 6.92 Å². The third-order valence-corrected chi connectivity index (χ3v) is 6.85. The first-order valence-corrected chi connectivity index (χ1v) is 11.9. The molecule has 0 spiro atoms. The number of aryl methyl sites for hydroxylation is 1. The van der Waals surface area contributed by atoms with E-state index in [0.29, 0.717) is 25.3 Å². The lowest BCUT2D eigenvalue weighted by Gasteiger charge is -2.30. The van der Waals surface area contributed by atoms with Gasteiger partial charge in [0.05, 0.1) is 11.8 Å². The monoisotopic (exact) mass is 426 g/mol. The number of aromatic nitrogens is 2. The van der Waals surface area contributed by atoms with Gasteiger partial charge in [-0.25, -0.2) is 17.7 Å². The van der Waals surface area contributed by atoms with Crippen LogP contribution < -0.4 is 5.32 Å². The number of nitrogens with zero attached hydrogens (tertiary/aromatic N) is 3. The molecule has 158 valence electrons. The van der Waals surface area contributed by atoms with Crippen molar-refractivity contribution < 1.29 is 13.2 Å². The molecule has 0 unspecified atom stereocenters. The van der Waals surface area contributed by atoms with Crippen molar-refractivity contribution in [2.24, 2.45) is 0 Å². The van der Waals surface area contributed by atoms with Crippen LogP contribution in [-0.2, 0) is 16.6 Å². The largest absolute Gasteiger partial charge is 0.347 e. The maximum atomic E-state index is 12.9. The standard InChI is InChI=1S/C22H26N4O3S/c1-16-8-10-17(11-9-16)14-23-22(27)20-19-7-3-4-13-26(19)21(24-20)18-6-5-12-25(15-18)30(2,28)29/h3-4,7-11,13,18H,5-6,12,14-15H2,1-2H3,(H,23,27)/t18-/m0/s1. The number of hydrogen-bond acceptors (Lipinski definition) is 4. The Labute approximate surface area is 176 Å². The van der Waals surface area contributed by atoms with E-state index >= 15 is 0 Å². The summed E-state index contributed by atoms with van der Waals surface area (Å²) >= 11 is 0. The molecule has 3 aromatic rings. The molecule has 1 N–H and O–H groups in total. The topological polar surface area (TPSA) is 83.8 Å². The van der Waals surface area contributed by atoms with Gasteiger partial charge in [-0.1, -0.05) is 35.9 Å². The first kappa shape index (κ1) is 20.6. The summed E-state index contributed by atoms with van der Waals surface area (Å²) in [5.74, 6) is 0.447. The molecule has 7 nitrogen and oxygen atoms in total. The number of hydrogen-bond donors (Lipinski definition) is 1. The van der Waals surface area contributed by atoms with E-state index in [1.807, 2.05) is 60.0 Å². The fourth-order valence-corrected chi connectivity index (χ4v) is 4.85. The highest BCUT2D eigenvalue weighted by atomic mass is 32.2. The average molecular weight is 427 g/mol. The quantitative estimate of drug-likeness (QED) is 0.680. The van der Waals surface area contributed by atoms with Gasteiger partial charge >= 0.3 is 0 Å². The summed E-state index contributed by atoms with van der Waals surface area (Å²) in [4.78, 5) is 17.6. The Kier molecular flexibility index (Phi) is 5.62. The van der Waals surface area contributed by atoms with Crippen molar-refractivity contribution in [3.63, 3.8) is 0 Å². The molecule has 1 atom stereocenters. The number of fused-ring (bicyclic) bond motifs is 1. The zero-order valence-corrected chi connectivity index (χ0v) is 18.0. The molecule has 1 saturated heterocycles. The molecule has 1 fully saturated rings. The molecular formula is C22H26N4O3S. The smallest absolute Gasteiger partial charge is 0.272 e. The van der Waals surface area contributed by atoms with Crippen LogP contribution in [0.4, 0.5) is 0 Å². The molecule has 1 aliphatic rings. The Morgan fingerprint density at radius 3 is 2.70 bits per heavy atom. The molecule has 1 aliphatic heterocycles. The van der Waals surface area contributed by atoms with E-state index in [0.717, 1.165) is 29.7 Å². The molecule has 30 heavy (non-hydrogen) atoms. The van der Waals surface area contributed by atoms with E-state index in [2.05, 4.69) is 10.3 Å². The zero-order valence-electron chi connectivity index (χ0n) is 17.2. The number of nitrogens with one attached hydrogen (secondary N) is 1. The van der Waals surface area contributed by atoms with Gasteiger partial charge < -0.3 is 9.72 Å². The first-order chi connectivity index (χ1) is 14.3. The molecule has 0 radical (unpaired) electrons. The number of amides is 1. The number of pyridine rings is 1. The SMILES string of the molecule is Cc1ccc(CNC(=O)c2nc([C@H]3CCCN(S(C)(=O)=O)C3)n3ccccc23)cc1. The summed E-state index contributed by atoms with van der Waals surface area (Å²) in [6.07, 6.45) is 4.73. The van der Waals surface area contributed by atoms with Crippen LogP contribution in [0.3, 0.4) is 0 Å². The predicted molar refractivity (Wildman–Crippen MR) is 116 cm³/mol. The predicted octanol–water partition coefficient (Wildman–Crippen LogP) is 2.71. The minimum Gasteiger partial charge on any atom is -0.347 e. The minimum absolute atomic E-state index is 0.0537. The van der Waals surface area contributed by atoms with Gasteiger partial charge in [0.15, 0.2) is 5.69 Å². The highest BCUT2D eigenvalue weighted by Gasteiger charge is 2.30. The molecule has 4 rings (SSSR count). The van der Waals surface area contributed by atoms with Gasteiger partial charge in [0.1, 0.15) is 5.82 Å². The fourth-order valence-electron chi connectivity index (χ4n) is 3.94. The second-order valence-corrected chi connectivity index (χ2v) is 9.89. The molecule has 2 aromatic heterocycles. The lowest BCUT2D eigenvalue weighted by atomic mass is 9.99. The number of imidazole rings is 1. The molecule has 0 bridgehead atoms. The van der Waals surface area contributed by atoms with Crippen molar-refractivity contribution in [3.05, 3.63) is 71.3 Å². The molecule has 0 aliphatic carbocycles. The first-order valence-electron chi connectivity index (χ1n) is 10.1. The highest BCUT2D eigenvalue weighted by Crippen LogP contribution is 2.29. The Hall–Kier alpha value is -2.71. The van der Waals surface area contributed by atoms with Crippen LogP contribution in [-0.4, -0.2) is 47.4 Å². The van der Waals surface area contributed by atoms with Crippen LogP contribution in [0.15, 0.2) is 48.7 Å². The van der Waals surface area contributed by atoms with Crippen molar-refractivity contribution in [1.82, 2.24) is 19.0 Å². The van der Waals surface area contributed by atoms with E-state index in [4.69, 9.17) is 0 Å². The number of piperidine rings is 1. The summed E-state index contributed by atoms with van der Waals surface area (Å²) in [5, 5.41) is 2.96. The molecule has 1 amide bonds. The van der Waals surface area contributed by atoms with Gasteiger partial charge in [0.2, 0.25) is 10.0 Å². The van der Waals surface area contributed by atoms with Gasteiger partial charge in [-0.15, -0.1) is 0 Å². The Balaban J connectivity index is 1.60. The van der Waals surface area contributed by atoms with Crippen molar-refractivity contribution in [1.29, 1.82) is 0 Å². The van der Waals surface area contributed by atoms with Crippen LogP contribution in [0.2, 0.25) is 0 Å². The number of carbonyl (C=O) groups is 1. The zero-order chi connectivity index (χ0) is 21.3. The van der Waals surface area contributed by atoms with Crippen LogP contribution in [0.1, 0.15) is 46.2 Å². The van der Waals surface area contributed by atoms with Crippen molar-refractivity contribution in [2.75, 3.05) is 19.3 Å². The van der Waals surface area contributed by atoms with Crippen molar-refractivity contribution in [2.45, 2.75) is 32.2 Å². The lowest BCUT2D eigenvalue weighted by molar-refractivity contribution is 0.0948. The summed E-state index contributed by atoms with van der Waals surface area (Å²) in [6.45, 7) is 3.36. The number of benzene rings is 1. The van der Waals surface area contributed by atoms with Gasteiger partial charge in [-0.05, 0) is 37.5 Å². The Morgan fingerprint density at radius 2 is 1.97 bits per heavy atom. The van der Waals surface area contributed by atoms with E-state index < -0.39 is 10.0 Å². The fraction of sp³-hybridized carbons (Fsp3) is 0.364. The van der Waals surface area contributed by atoms with Crippen LogP contribution in [0.25, 0.3) is 5.52 Å². The minimum atomic E-state index is -3.25. The third kappa shape index (κ3) is 4.24. The molecule has 0 saturated carbocycles. The highest BCUT2D eigenvalue weighted by molar-refractivity contribution is 7.88. The third-order valence-electron chi connectivity index (χ3n) is 5.58. The van der Waals surface area contributed by atoms with Gasteiger partial charge in [-0.3, -0.25) is 4.79 Å². The van der Waals surface area contributed by atoms with Crippen LogP contribution in [0.5, 0.6) is 0 Å². The summed E-state index contributed by atoms with van der Waals surface area (Å²) in [7, 11) is -3.25. The van der Waals surface area contributed by atoms with Crippen molar-refractivity contribution in [3.8, 4) is 0 Å². The van der Waals surface area contributed by atoms with E-state index in [-0.39, 0.29) is 11.8 Å². The second-order valence-electron chi connectivity index (χ2n) is 7.90. The molecule has 8 heteroatoms. The molecular weight excluding hydrogens is 400 g/mol. The summed E-state index contributed by atoms with van der Waals surface area (Å²) in [5.41, 5.74) is 3.29. The van der Waals surface area contributed by atoms with Gasteiger partial charge in [0, 0.05) is 31.7 Å². The number of sulfonamides is 1. The second kappa shape index (κ2) is 8.20. The average Bonchev–Trinajstić information content (AvgIpc) is 3.12. The van der Waals surface area contributed by atoms with Gasteiger partial charge in [0.25, 0.3) is 5.91 Å². The Bertz CT molecular complexity index is 1170. The maximum Gasteiger partial charge on any atom is 0.272 e. The lowest BCUT2D eigenvalue weighted by Crippen LogP contribution is -2.38. The Morgan fingerprint density at radius 1 is 1.20 bits per heavy atom. The normalized spacial score (nSPS) is 17.9. The van der Waals surface area contributed by atoms with Crippen molar-refractivity contribution >= 4 is 21.4 Å². The summed E-state index contributed by atoms with van der Waals surface area (Å²) in [6, 6.07) is 13.7. The van der Waals surface area contributed by atoms with E-state index in [1.165, 1.54) is 16.1 Å².